The van der Waals surface area contributed by atoms with Crippen LogP contribution < -0.4 is 10.2 Å². The van der Waals surface area contributed by atoms with Crippen molar-refractivity contribution in [2.45, 2.75) is 51.7 Å². The molecule has 0 spiro atoms. The summed E-state index contributed by atoms with van der Waals surface area (Å²) in [7, 11) is 0. The van der Waals surface area contributed by atoms with Crippen LogP contribution in [-0.4, -0.2) is 55.9 Å². The predicted molar refractivity (Wildman–Crippen MR) is 101 cm³/mol. The first-order valence-corrected chi connectivity index (χ1v) is 9.75. The van der Waals surface area contributed by atoms with Crippen molar-refractivity contribution in [3.8, 4) is 0 Å². The average molecular weight is 363 g/mol. The zero-order valence-corrected chi connectivity index (χ0v) is 15.8. The maximum atomic E-state index is 14.2. The maximum Gasteiger partial charge on any atom is 0.317 e. The van der Waals surface area contributed by atoms with Crippen molar-refractivity contribution in [3.05, 3.63) is 29.6 Å². The SMILES string of the molecule is CCN(CC1CCCO1)C(=O)NC1CCCN(c2cc(C)ccc2F)C1. The normalized spacial score (nSPS) is 23.1. The zero-order valence-electron chi connectivity index (χ0n) is 15.8. The van der Waals surface area contributed by atoms with Crippen molar-refractivity contribution in [1.82, 2.24) is 10.2 Å². The lowest BCUT2D eigenvalue weighted by atomic mass is 10.0. The van der Waals surface area contributed by atoms with Gasteiger partial charge in [0, 0.05) is 38.8 Å². The van der Waals surface area contributed by atoms with E-state index >= 15 is 0 Å². The summed E-state index contributed by atoms with van der Waals surface area (Å²) in [6, 6.07) is 5.18. The number of likely N-dealkylation sites (N-methyl/N-ethyl adjacent to an activating group) is 1. The number of carbonyl (C=O) groups is 1. The third kappa shape index (κ3) is 4.67. The van der Waals surface area contributed by atoms with E-state index in [0.29, 0.717) is 25.3 Å². The van der Waals surface area contributed by atoms with Crippen LogP contribution in [0.3, 0.4) is 0 Å². The molecule has 2 aliphatic rings. The minimum Gasteiger partial charge on any atom is -0.376 e. The first-order valence-electron chi connectivity index (χ1n) is 9.75. The molecule has 1 N–H and O–H groups in total. The number of rotatable bonds is 5. The molecule has 2 heterocycles. The largest absolute Gasteiger partial charge is 0.376 e. The van der Waals surface area contributed by atoms with E-state index in [4.69, 9.17) is 4.74 Å². The minimum absolute atomic E-state index is 0.0368. The summed E-state index contributed by atoms with van der Waals surface area (Å²) in [5, 5.41) is 3.14. The van der Waals surface area contributed by atoms with Gasteiger partial charge in [-0.15, -0.1) is 0 Å². The molecular weight excluding hydrogens is 333 g/mol. The lowest BCUT2D eigenvalue weighted by molar-refractivity contribution is 0.0820. The highest BCUT2D eigenvalue weighted by atomic mass is 19.1. The third-order valence-corrected chi connectivity index (χ3v) is 5.31. The second-order valence-corrected chi connectivity index (χ2v) is 7.36. The number of anilines is 1. The molecule has 144 valence electrons. The highest BCUT2D eigenvalue weighted by Gasteiger charge is 2.26. The van der Waals surface area contributed by atoms with Gasteiger partial charge in [-0.1, -0.05) is 6.07 Å². The van der Waals surface area contributed by atoms with Crippen LogP contribution in [0.25, 0.3) is 0 Å². The number of urea groups is 1. The topological polar surface area (TPSA) is 44.8 Å². The molecule has 2 fully saturated rings. The average Bonchev–Trinajstić information content (AvgIpc) is 3.15. The summed E-state index contributed by atoms with van der Waals surface area (Å²) in [6.07, 6.45) is 4.12. The molecule has 2 unspecified atom stereocenters. The van der Waals surface area contributed by atoms with Crippen molar-refractivity contribution < 1.29 is 13.9 Å². The van der Waals surface area contributed by atoms with E-state index in [0.717, 1.165) is 44.4 Å². The number of nitrogens with one attached hydrogen (secondary N) is 1. The van der Waals surface area contributed by atoms with E-state index in [2.05, 4.69) is 5.32 Å². The Morgan fingerprint density at radius 1 is 1.38 bits per heavy atom. The second kappa shape index (κ2) is 8.71. The predicted octanol–water partition coefficient (Wildman–Crippen LogP) is 3.31. The number of carbonyl (C=O) groups excluding carboxylic acids is 1. The number of hydrogen-bond donors (Lipinski definition) is 1. The van der Waals surface area contributed by atoms with Gasteiger partial charge in [-0.3, -0.25) is 0 Å². The van der Waals surface area contributed by atoms with Gasteiger partial charge >= 0.3 is 6.03 Å². The molecule has 0 bridgehead atoms. The fourth-order valence-electron chi connectivity index (χ4n) is 3.83. The van der Waals surface area contributed by atoms with Gasteiger partial charge in [0.25, 0.3) is 0 Å². The van der Waals surface area contributed by atoms with Gasteiger partial charge in [-0.2, -0.15) is 0 Å². The minimum atomic E-state index is -0.198. The fraction of sp³-hybridized carbons (Fsp3) is 0.650. The second-order valence-electron chi connectivity index (χ2n) is 7.36. The van der Waals surface area contributed by atoms with Crippen molar-refractivity contribution in [2.24, 2.45) is 0 Å². The van der Waals surface area contributed by atoms with Crippen LogP contribution in [0, 0.1) is 12.7 Å². The lowest BCUT2D eigenvalue weighted by Gasteiger charge is -2.36. The van der Waals surface area contributed by atoms with Gasteiger partial charge in [0.05, 0.1) is 11.8 Å². The van der Waals surface area contributed by atoms with Crippen LogP contribution >= 0.6 is 0 Å². The number of aryl methyl sites for hydroxylation is 1. The van der Waals surface area contributed by atoms with E-state index in [-0.39, 0.29) is 24.0 Å². The number of benzene rings is 1. The molecule has 0 aromatic heterocycles. The Morgan fingerprint density at radius 2 is 2.23 bits per heavy atom. The fourth-order valence-corrected chi connectivity index (χ4v) is 3.83. The first kappa shape index (κ1) is 19.0. The third-order valence-electron chi connectivity index (χ3n) is 5.31. The number of amides is 2. The van der Waals surface area contributed by atoms with Gasteiger partial charge in [-0.25, -0.2) is 9.18 Å². The first-order chi connectivity index (χ1) is 12.6. The summed E-state index contributed by atoms with van der Waals surface area (Å²) in [4.78, 5) is 16.5. The number of ether oxygens (including phenoxy) is 1. The molecule has 1 aromatic rings. The van der Waals surface area contributed by atoms with E-state index in [1.807, 2.05) is 29.7 Å². The molecule has 2 atom stereocenters. The molecule has 6 heteroatoms. The van der Waals surface area contributed by atoms with Crippen LogP contribution in [0.15, 0.2) is 18.2 Å². The summed E-state index contributed by atoms with van der Waals surface area (Å²) < 4.78 is 19.9. The summed E-state index contributed by atoms with van der Waals surface area (Å²) in [5.41, 5.74) is 1.68. The molecule has 0 radical (unpaired) electrons. The van der Waals surface area contributed by atoms with Crippen LogP contribution in [0.1, 0.15) is 38.2 Å². The molecule has 2 amide bonds. The van der Waals surface area contributed by atoms with E-state index in [1.165, 1.54) is 6.07 Å². The highest BCUT2D eigenvalue weighted by molar-refractivity contribution is 5.74. The summed E-state index contributed by atoms with van der Waals surface area (Å²) in [5.74, 6) is -0.198. The summed E-state index contributed by atoms with van der Waals surface area (Å²) in [6.45, 7) is 7.52. The van der Waals surface area contributed by atoms with Gasteiger partial charge < -0.3 is 19.9 Å². The Hall–Kier alpha value is -1.82. The van der Waals surface area contributed by atoms with Crippen molar-refractivity contribution in [1.29, 1.82) is 0 Å². The van der Waals surface area contributed by atoms with Gasteiger partial charge in [0.2, 0.25) is 0 Å². The molecule has 0 saturated carbocycles. The Morgan fingerprint density at radius 3 is 2.96 bits per heavy atom. The Bertz CT molecular complexity index is 619. The summed E-state index contributed by atoms with van der Waals surface area (Å²) >= 11 is 0. The monoisotopic (exact) mass is 363 g/mol. The molecular formula is C20H30FN3O2. The van der Waals surface area contributed by atoms with E-state index in [9.17, 15) is 9.18 Å². The molecule has 2 aliphatic heterocycles. The van der Waals surface area contributed by atoms with Gasteiger partial charge in [-0.05, 0) is 57.2 Å². The Labute approximate surface area is 155 Å². The Balaban J connectivity index is 1.58. The molecule has 1 aromatic carbocycles. The lowest BCUT2D eigenvalue weighted by Crippen LogP contribution is -2.52. The van der Waals surface area contributed by atoms with Crippen molar-refractivity contribution in [3.63, 3.8) is 0 Å². The number of hydrogen-bond acceptors (Lipinski definition) is 3. The van der Waals surface area contributed by atoms with Crippen LogP contribution in [0.5, 0.6) is 0 Å². The molecule has 2 saturated heterocycles. The van der Waals surface area contributed by atoms with Gasteiger partial charge in [0.1, 0.15) is 5.82 Å². The maximum absolute atomic E-state index is 14.2. The van der Waals surface area contributed by atoms with E-state index < -0.39 is 0 Å². The number of nitrogens with zero attached hydrogens (tertiary/aromatic N) is 2. The molecule has 5 nitrogen and oxygen atoms in total. The molecule has 3 rings (SSSR count). The Kier molecular flexibility index (Phi) is 6.35. The number of piperidine rings is 1. The highest BCUT2D eigenvalue weighted by Crippen LogP contribution is 2.24. The quantitative estimate of drug-likeness (QED) is 0.873. The zero-order chi connectivity index (χ0) is 18.5. The smallest absolute Gasteiger partial charge is 0.317 e. The van der Waals surface area contributed by atoms with Crippen molar-refractivity contribution in [2.75, 3.05) is 37.7 Å². The van der Waals surface area contributed by atoms with Crippen LogP contribution in [-0.2, 0) is 4.74 Å². The van der Waals surface area contributed by atoms with Crippen LogP contribution in [0.2, 0.25) is 0 Å². The number of halogens is 1. The van der Waals surface area contributed by atoms with Crippen LogP contribution in [0.4, 0.5) is 14.9 Å². The molecule has 0 aliphatic carbocycles. The van der Waals surface area contributed by atoms with Crippen molar-refractivity contribution >= 4 is 11.7 Å². The van der Waals surface area contributed by atoms with Gasteiger partial charge in [0.15, 0.2) is 0 Å². The standard InChI is InChI=1S/C20H30FN3O2/c1-3-23(14-17-7-5-11-26-17)20(25)22-16-6-4-10-24(13-16)19-12-15(2)8-9-18(19)21/h8-9,12,16-17H,3-7,10-11,13-14H2,1-2H3,(H,22,25). The molecule has 26 heavy (non-hydrogen) atoms. The van der Waals surface area contributed by atoms with E-state index in [1.54, 1.807) is 6.07 Å².